The maximum atomic E-state index is 10.6. The number of aliphatic carboxylic acids is 1. The molecule has 0 bridgehead atoms. The third-order valence-corrected chi connectivity index (χ3v) is 6.24. The van der Waals surface area contributed by atoms with Gasteiger partial charge >= 0.3 is 5.97 Å². The van der Waals surface area contributed by atoms with Crippen molar-refractivity contribution in [3.05, 3.63) is 12.2 Å². The summed E-state index contributed by atoms with van der Waals surface area (Å²) in [6, 6.07) is 0. The second-order valence-corrected chi connectivity index (χ2v) is 8.23. The molecule has 0 saturated heterocycles. The normalized spacial score (nSPS) is 33.0. The molecule has 0 heterocycles. The summed E-state index contributed by atoms with van der Waals surface area (Å²) in [7, 11) is 0. The first-order chi connectivity index (χ1) is 12.0. The van der Waals surface area contributed by atoms with Gasteiger partial charge in [-0.3, -0.25) is 4.79 Å². The molecule has 6 atom stereocenters. The van der Waals surface area contributed by atoms with Crippen molar-refractivity contribution in [2.45, 2.75) is 89.8 Å². The number of unbranched alkanes of at least 4 members (excludes halogenated alkanes) is 3. The highest BCUT2D eigenvalue weighted by Gasteiger charge is 2.46. The molecule has 2 saturated carbocycles. The fraction of sp³-hybridized carbons (Fsp3) is 0.857. The van der Waals surface area contributed by atoms with E-state index >= 15 is 0 Å². The molecule has 0 amide bonds. The number of rotatable bonds is 11. The molecular weight excluding hydrogens is 316 g/mol. The maximum Gasteiger partial charge on any atom is 0.303 e. The summed E-state index contributed by atoms with van der Waals surface area (Å²) in [5.74, 6) is 1.32. The summed E-state index contributed by atoms with van der Waals surface area (Å²) in [5.41, 5.74) is 0. The van der Waals surface area contributed by atoms with Gasteiger partial charge in [0.05, 0.1) is 12.2 Å². The van der Waals surface area contributed by atoms with Crippen LogP contribution in [0.3, 0.4) is 0 Å². The highest BCUT2D eigenvalue weighted by atomic mass is 16.4. The van der Waals surface area contributed by atoms with Crippen LogP contribution in [0.25, 0.3) is 0 Å². The fourth-order valence-corrected chi connectivity index (χ4v) is 4.94. The SMILES string of the molecule is CCCCC[C@H](O)C=C[C@@H]1[C@H]2CC(CCCCC(=O)O)C[C@H]2C[C@H]1O. The van der Waals surface area contributed by atoms with E-state index in [1.807, 2.05) is 6.08 Å². The molecule has 1 unspecified atom stereocenters. The average molecular weight is 353 g/mol. The molecule has 0 radical (unpaired) electrons. The molecule has 0 spiro atoms. The molecule has 4 nitrogen and oxygen atoms in total. The minimum absolute atomic E-state index is 0.190. The first kappa shape index (κ1) is 20.4. The lowest BCUT2D eigenvalue weighted by Crippen LogP contribution is -2.18. The van der Waals surface area contributed by atoms with Crippen molar-refractivity contribution in [1.29, 1.82) is 0 Å². The number of aliphatic hydroxyl groups excluding tert-OH is 2. The smallest absolute Gasteiger partial charge is 0.303 e. The van der Waals surface area contributed by atoms with Gasteiger partial charge < -0.3 is 15.3 Å². The highest BCUT2D eigenvalue weighted by Crippen LogP contribution is 2.51. The van der Waals surface area contributed by atoms with Crippen molar-refractivity contribution in [3.63, 3.8) is 0 Å². The molecule has 4 heteroatoms. The largest absolute Gasteiger partial charge is 0.481 e. The van der Waals surface area contributed by atoms with E-state index in [-0.39, 0.29) is 24.5 Å². The fourth-order valence-electron chi connectivity index (χ4n) is 4.94. The van der Waals surface area contributed by atoms with Crippen molar-refractivity contribution in [2.75, 3.05) is 0 Å². The van der Waals surface area contributed by atoms with Gasteiger partial charge in [0, 0.05) is 12.3 Å². The van der Waals surface area contributed by atoms with E-state index in [1.54, 1.807) is 0 Å². The maximum absolute atomic E-state index is 10.6. The van der Waals surface area contributed by atoms with Crippen LogP contribution in [0.2, 0.25) is 0 Å². The minimum atomic E-state index is -0.700. The van der Waals surface area contributed by atoms with Gasteiger partial charge in [0.25, 0.3) is 0 Å². The molecule has 0 aromatic rings. The van der Waals surface area contributed by atoms with Crippen LogP contribution in [-0.4, -0.2) is 33.5 Å². The number of carboxylic acid groups (broad SMARTS) is 1. The van der Waals surface area contributed by atoms with Crippen molar-refractivity contribution in [1.82, 2.24) is 0 Å². The zero-order valence-corrected chi connectivity index (χ0v) is 15.6. The van der Waals surface area contributed by atoms with Gasteiger partial charge in [-0.05, 0) is 49.9 Å². The minimum Gasteiger partial charge on any atom is -0.481 e. The lowest BCUT2D eigenvalue weighted by Gasteiger charge is -2.19. The zero-order chi connectivity index (χ0) is 18.2. The molecule has 25 heavy (non-hydrogen) atoms. The van der Waals surface area contributed by atoms with Gasteiger partial charge in [-0.25, -0.2) is 0 Å². The quantitative estimate of drug-likeness (QED) is 0.385. The van der Waals surface area contributed by atoms with E-state index < -0.39 is 5.97 Å². The Morgan fingerprint density at radius 2 is 1.96 bits per heavy atom. The highest BCUT2D eigenvalue weighted by molar-refractivity contribution is 5.66. The van der Waals surface area contributed by atoms with E-state index in [9.17, 15) is 15.0 Å². The van der Waals surface area contributed by atoms with E-state index in [1.165, 1.54) is 6.42 Å². The molecule has 2 fully saturated rings. The van der Waals surface area contributed by atoms with Crippen LogP contribution in [0.5, 0.6) is 0 Å². The number of hydrogen-bond donors (Lipinski definition) is 3. The monoisotopic (exact) mass is 352 g/mol. The van der Waals surface area contributed by atoms with Gasteiger partial charge in [-0.2, -0.15) is 0 Å². The van der Waals surface area contributed by atoms with Gasteiger partial charge in [-0.15, -0.1) is 0 Å². The second-order valence-electron chi connectivity index (χ2n) is 8.23. The number of carbonyl (C=O) groups is 1. The Labute approximate surface area is 152 Å². The Balaban J connectivity index is 1.76. The molecule has 2 aliphatic rings. The van der Waals surface area contributed by atoms with Crippen LogP contribution in [0.1, 0.15) is 77.6 Å². The molecule has 2 rings (SSSR count). The lowest BCUT2D eigenvalue weighted by atomic mass is 9.89. The molecule has 0 aromatic heterocycles. The van der Waals surface area contributed by atoms with Crippen LogP contribution in [0.15, 0.2) is 12.2 Å². The molecule has 144 valence electrons. The summed E-state index contributed by atoms with van der Waals surface area (Å²) < 4.78 is 0. The molecular formula is C21H36O4. The number of fused-ring (bicyclic) bond motifs is 1. The second kappa shape index (κ2) is 10.3. The average Bonchev–Trinajstić information content (AvgIpc) is 3.06. The van der Waals surface area contributed by atoms with Crippen molar-refractivity contribution >= 4 is 5.97 Å². The predicted molar refractivity (Wildman–Crippen MR) is 99.2 cm³/mol. The first-order valence-corrected chi connectivity index (χ1v) is 10.3. The van der Waals surface area contributed by atoms with Crippen LogP contribution in [-0.2, 0) is 4.79 Å². The van der Waals surface area contributed by atoms with Gasteiger partial charge in [0.1, 0.15) is 0 Å². The topological polar surface area (TPSA) is 77.8 Å². The van der Waals surface area contributed by atoms with E-state index in [0.29, 0.717) is 17.8 Å². The number of carboxylic acids is 1. The van der Waals surface area contributed by atoms with Gasteiger partial charge in [0.15, 0.2) is 0 Å². The Bertz CT molecular complexity index is 434. The summed E-state index contributed by atoms with van der Waals surface area (Å²) >= 11 is 0. The van der Waals surface area contributed by atoms with E-state index in [2.05, 4.69) is 13.0 Å². The third-order valence-electron chi connectivity index (χ3n) is 6.24. The molecule has 2 aliphatic carbocycles. The predicted octanol–water partition coefficient (Wildman–Crippen LogP) is 4.15. The summed E-state index contributed by atoms with van der Waals surface area (Å²) in [6.07, 6.45) is 13.9. The number of aliphatic hydroxyl groups is 2. The van der Waals surface area contributed by atoms with Gasteiger partial charge in [0.2, 0.25) is 0 Å². The Morgan fingerprint density at radius 3 is 2.68 bits per heavy atom. The number of hydrogen-bond acceptors (Lipinski definition) is 3. The molecule has 0 aromatic carbocycles. The summed E-state index contributed by atoms with van der Waals surface area (Å²) in [5, 5.41) is 29.2. The Kier molecular flexibility index (Phi) is 8.44. The van der Waals surface area contributed by atoms with Crippen LogP contribution in [0, 0.1) is 23.7 Å². The van der Waals surface area contributed by atoms with E-state index in [0.717, 1.165) is 57.8 Å². The van der Waals surface area contributed by atoms with Crippen molar-refractivity contribution < 1.29 is 20.1 Å². The summed E-state index contributed by atoms with van der Waals surface area (Å²) in [4.78, 5) is 10.6. The first-order valence-electron chi connectivity index (χ1n) is 10.3. The third kappa shape index (κ3) is 6.41. The van der Waals surface area contributed by atoms with Crippen LogP contribution < -0.4 is 0 Å². The zero-order valence-electron chi connectivity index (χ0n) is 15.6. The molecule has 3 N–H and O–H groups in total. The standard InChI is InChI=1S/C21H36O4/c1-2-3-4-8-17(22)10-11-18-19-13-15(7-5-6-9-21(24)25)12-16(19)14-20(18)23/h10-11,15-20,22-23H,2-9,12-14H2,1H3,(H,24,25)/t15?,16-,17-,18+,19-,20+/m0/s1. The van der Waals surface area contributed by atoms with Crippen molar-refractivity contribution in [3.8, 4) is 0 Å². The molecule has 0 aliphatic heterocycles. The van der Waals surface area contributed by atoms with E-state index in [4.69, 9.17) is 5.11 Å². The lowest BCUT2D eigenvalue weighted by molar-refractivity contribution is -0.137. The Morgan fingerprint density at radius 1 is 1.16 bits per heavy atom. The van der Waals surface area contributed by atoms with Crippen LogP contribution in [0.4, 0.5) is 0 Å². The van der Waals surface area contributed by atoms with Crippen LogP contribution >= 0.6 is 0 Å². The van der Waals surface area contributed by atoms with Crippen molar-refractivity contribution in [2.24, 2.45) is 23.7 Å². The Hall–Kier alpha value is -0.870. The summed E-state index contributed by atoms with van der Waals surface area (Å²) in [6.45, 7) is 2.16. The van der Waals surface area contributed by atoms with Gasteiger partial charge in [-0.1, -0.05) is 51.2 Å².